The second kappa shape index (κ2) is 10.7. The number of likely N-dealkylation sites (N-methyl/N-ethyl adjacent to an activating group) is 1. The molecule has 0 saturated carbocycles. The van der Waals surface area contributed by atoms with E-state index in [1.165, 1.54) is 24.2 Å². The van der Waals surface area contributed by atoms with Crippen LogP contribution in [0.5, 0.6) is 17.2 Å². The van der Waals surface area contributed by atoms with E-state index in [1.54, 1.807) is 50.4 Å². The summed E-state index contributed by atoms with van der Waals surface area (Å²) in [5, 5.41) is 0.529. The van der Waals surface area contributed by atoms with Gasteiger partial charge in [-0.15, -0.1) is 0 Å². The molecule has 0 aliphatic heterocycles. The van der Waals surface area contributed by atoms with Crippen LogP contribution < -0.4 is 14.2 Å². The van der Waals surface area contributed by atoms with E-state index in [1.807, 2.05) is 0 Å². The van der Waals surface area contributed by atoms with Crippen LogP contribution >= 0.6 is 11.6 Å². The van der Waals surface area contributed by atoms with Crippen LogP contribution in [0.4, 0.5) is 8.78 Å². The lowest BCUT2D eigenvalue weighted by Gasteiger charge is -2.17. The van der Waals surface area contributed by atoms with E-state index in [2.05, 4.69) is 4.74 Å². The average molecular weight is 426 g/mol. The molecule has 156 valence electrons. The highest BCUT2D eigenvalue weighted by Crippen LogP contribution is 2.30. The number of amides is 1. The fraction of sp³-hybridized carbons (Fsp3) is 0.286. The molecule has 8 heteroatoms. The molecule has 2 aromatic carbocycles. The van der Waals surface area contributed by atoms with Gasteiger partial charge in [-0.3, -0.25) is 4.79 Å². The third-order valence-corrected chi connectivity index (χ3v) is 4.15. The van der Waals surface area contributed by atoms with Crippen molar-refractivity contribution >= 4 is 23.6 Å². The third kappa shape index (κ3) is 6.64. The Bertz CT molecular complexity index is 874. The number of carbonyl (C=O) groups excluding carboxylic acids is 1. The zero-order valence-electron chi connectivity index (χ0n) is 16.3. The van der Waals surface area contributed by atoms with E-state index in [9.17, 15) is 13.6 Å². The summed E-state index contributed by atoms with van der Waals surface area (Å²) in [6, 6.07) is 9.69. The summed E-state index contributed by atoms with van der Waals surface area (Å²) < 4.78 is 40.1. The third-order valence-electron chi connectivity index (χ3n) is 3.92. The molecule has 0 fully saturated rings. The summed E-state index contributed by atoms with van der Waals surface area (Å²) in [4.78, 5) is 13.9. The maximum Gasteiger partial charge on any atom is 0.387 e. The Hall–Kier alpha value is -2.80. The van der Waals surface area contributed by atoms with Crippen molar-refractivity contribution in [3.8, 4) is 17.2 Å². The first-order valence-electron chi connectivity index (χ1n) is 8.81. The van der Waals surface area contributed by atoms with Crippen LogP contribution in [0.25, 0.3) is 6.08 Å². The van der Waals surface area contributed by atoms with Gasteiger partial charge in [-0.25, -0.2) is 0 Å². The lowest BCUT2D eigenvalue weighted by Crippen LogP contribution is -2.24. The molecule has 0 atom stereocenters. The first-order chi connectivity index (χ1) is 13.8. The summed E-state index contributed by atoms with van der Waals surface area (Å²) in [7, 11) is 3.16. The van der Waals surface area contributed by atoms with Crippen LogP contribution in [0, 0.1) is 0 Å². The molecule has 0 unspecified atom stereocenters. The quantitative estimate of drug-likeness (QED) is 0.529. The standard InChI is InChI=1S/C21H22ClF2NO4/c1-4-28-19-11-14(5-8-18(19)29-21(23)24)13-25(2)20(26)10-6-15-12-16(22)7-9-17(15)27-3/h5-12,21H,4,13H2,1-3H3. The second-order valence-corrected chi connectivity index (χ2v) is 6.44. The van der Waals surface area contributed by atoms with Gasteiger partial charge in [-0.05, 0) is 48.9 Å². The molecule has 0 bridgehead atoms. The van der Waals surface area contributed by atoms with Gasteiger partial charge < -0.3 is 19.1 Å². The van der Waals surface area contributed by atoms with Crippen molar-refractivity contribution < 1.29 is 27.8 Å². The fourth-order valence-electron chi connectivity index (χ4n) is 2.59. The van der Waals surface area contributed by atoms with Crippen molar-refractivity contribution in [1.29, 1.82) is 0 Å². The summed E-state index contributed by atoms with van der Waals surface area (Å²) in [6.45, 7) is -0.658. The normalized spacial score (nSPS) is 11.0. The summed E-state index contributed by atoms with van der Waals surface area (Å²) in [6.07, 6.45) is 3.03. The number of alkyl halides is 2. The predicted octanol–water partition coefficient (Wildman–Crippen LogP) is 5.02. The minimum Gasteiger partial charge on any atom is -0.496 e. The highest BCUT2D eigenvalue weighted by molar-refractivity contribution is 6.30. The van der Waals surface area contributed by atoms with Crippen molar-refractivity contribution in [3.63, 3.8) is 0 Å². The highest BCUT2D eigenvalue weighted by Gasteiger charge is 2.13. The number of halogens is 3. The zero-order chi connectivity index (χ0) is 21.4. The number of nitrogens with zero attached hydrogens (tertiary/aromatic N) is 1. The predicted molar refractivity (Wildman–Crippen MR) is 108 cm³/mol. The SMILES string of the molecule is CCOc1cc(CN(C)C(=O)C=Cc2cc(Cl)ccc2OC)ccc1OC(F)F. The van der Waals surface area contributed by atoms with Crippen LogP contribution in [-0.4, -0.2) is 38.2 Å². The molecule has 2 rings (SSSR count). The molecule has 0 radical (unpaired) electrons. The van der Waals surface area contributed by atoms with Crippen molar-refractivity contribution in [2.24, 2.45) is 0 Å². The molecule has 0 heterocycles. The molecule has 5 nitrogen and oxygen atoms in total. The molecule has 1 amide bonds. The monoisotopic (exact) mass is 425 g/mol. The summed E-state index contributed by atoms with van der Waals surface area (Å²) >= 11 is 5.99. The molecule has 0 saturated heterocycles. The van der Waals surface area contributed by atoms with Gasteiger partial charge >= 0.3 is 6.61 Å². The number of methoxy groups -OCH3 is 1. The molecule has 2 aromatic rings. The Labute approximate surface area is 173 Å². The number of benzene rings is 2. The van der Waals surface area contributed by atoms with Gasteiger partial charge in [0.1, 0.15) is 5.75 Å². The Morgan fingerprint density at radius 2 is 1.90 bits per heavy atom. The molecule has 29 heavy (non-hydrogen) atoms. The van der Waals surface area contributed by atoms with Crippen LogP contribution in [-0.2, 0) is 11.3 Å². The first kappa shape index (κ1) is 22.5. The van der Waals surface area contributed by atoms with Gasteiger partial charge in [0.25, 0.3) is 0 Å². The number of ether oxygens (including phenoxy) is 3. The van der Waals surface area contributed by atoms with Crippen LogP contribution in [0.1, 0.15) is 18.1 Å². The minimum absolute atomic E-state index is 0.0486. The Kier molecular flexibility index (Phi) is 8.27. The van der Waals surface area contributed by atoms with Gasteiger partial charge in [0.2, 0.25) is 5.91 Å². The summed E-state index contributed by atoms with van der Waals surface area (Å²) in [5.74, 6) is 0.493. The topological polar surface area (TPSA) is 48.0 Å². The van der Waals surface area contributed by atoms with Gasteiger partial charge in [0, 0.05) is 30.3 Å². The van der Waals surface area contributed by atoms with Gasteiger partial charge in [-0.2, -0.15) is 8.78 Å². The molecule has 0 aliphatic rings. The van der Waals surface area contributed by atoms with E-state index in [0.717, 1.165) is 0 Å². The van der Waals surface area contributed by atoms with Crippen LogP contribution in [0.3, 0.4) is 0 Å². The Morgan fingerprint density at radius 3 is 2.55 bits per heavy atom. The van der Waals surface area contributed by atoms with Crippen molar-refractivity contribution in [2.75, 3.05) is 20.8 Å². The summed E-state index contributed by atoms with van der Waals surface area (Å²) in [5.41, 5.74) is 1.38. The maximum absolute atomic E-state index is 12.5. The number of rotatable bonds is 9. The lowest BCUT2D eigenvalue weighted by molar-refractivity contribution is -0.125. The molecule has 0 N–H and O–H groups in total. The molecular formula is C21H22ClF2NO4. The van der Waals surface area contributed by atoms with E-state index >= 15 is 0 Å². The maximum atomic E-state index is 12.5. The van der Waals surface area contributed by atoms with Crippen molar-refractivity contribution in [2.45, 2.75) is 20.1 Å². The van der Waals surface area contributed by atoms with Gasteiger partial charge in [0.05, 0.1) is 13.7 Å². The van der Waals surface area contributed by atoms with E-state index in [4.69, 9.17) is 21.1 Å². The Balaban J connectivity index is 2.11. The number of hydrogen-bond acceptors (Lipinski definition) is 4. The zero-order valence-corrected chi connectivity index (χ0v) is 17.1. The molecular weight excluding hydrogens is 404 g/mol. The molecule has 0 aromatic heterocycles. The first-order valence-corrected chi connectivity index (χ1v) is 9.19. The van der Waals surface area contributed by atoms with E-state index in [-0.39, 0.29) is 24.0 Å². The number of carbonyl (C=O) groups is 1. The van der Waals surface area contributed by atoms with Crippen LogP contribution in [0.2, 0.25) is 5.02 Å². The second-order valence-electron chi connectivity index (χ2n) is 6.01. The Morgan fingerprint density at radius 1 is 1.17 bits per heavy atom. The number of hydrogen-bond donors (Lipinski definition) is 0. The van der Waals surface area contributed by atoms with Crippen molar-refractivity contribution in [3.05, 3.63) is 58.6 Å². The molecule has 0 aliphatic carbocycles. The van der Waals surface area contributed by atoms with Crippen LogP contribution in [0.15, 0.2) is 42.5 Å². The van der Waals surface area contributed by atoms with Gasteiger partial charge in [0.15, 0.2) is 11.5 Å². The van der Waals surface area contributed by atoms with E-state index < -0.39 is 6.61 Å². The lowest BCUT2D eigenvalue weighted by atomic mass is 10.1. The van der Waals surface area contributed by atoms with Gasteiger partial charge in [-0.1, -0.05) is 17.7 Å². The van der Waals surface area contributed by atoms with E-state index in [0.29, 0.717) is 28.5 Å². The largest absolute Gasteiger partial charge is 0.496 e. The highest BCUT2D eigenvalue weighted by atomic mass is 35.5. The smallest absolute Gasteiger partial charge is 0.387 e. The average Bonchev–Trinajstić information content (AvgIpc) is 2.68. The fourth-order valence-corrected chi connectivity index (χ4v) is 2.77. The van der Waals surface area contributed by atoms with Crippen molar-refractivity contribution in [1.82, 2.24) is 4.90 Å². The minimum atomic E-state index is -2.95. The molecule has 0 spiro atoms.